The average Bonchev–Trinajstić information content (AvgIpc) is 3.56. The molecule has 198 valence electrons. The third-order valence-corrected chi connectivity index (χ3v) is 8.55. The van der Waals surface area contributed by atoms with E-state index < -0.39 is 57.6 Å². The zero-order chi connectivity index (χ0) is 27.0. The van der Waals surface area contributed by atoms with E-state index in [1.807, 2.05) is 20.8 Å². The van der Waals surface area contributed by atoms with E-state index in [1.54, 1.807) is 22.9 Å². The van der Waals surface area contributed by atoms with Gasteiger partial charge < -0.3 is 15.0 Å². The molecule has 2 fully saturated rings. The zero-order valence-corrected chi connectivity index (χ0v) is 22.3. The van der Waals surface area contributed by atoms with E-state index in [0.29, 0.717) is 5.75 Å². The predicted octanol–water partition coefficient (Wildman–Crippen LogP) is 2.06. The number of hydrogen-bond donors (Lipinski definition) is 1. The Balaban J connectivity index is 1.53. The van der Waals surface area contributed by atoms with Crippen LogP contribution in [0.5, 0.6) is 5.75 Å². The van der Waals surface area contributed by atoms with E-state index in [0.717, 1.165) is 4.31 Å². The molecule has 1 N–H and O–H groups in total. The lowest BCUT2D eigenvalue weighted by Crippen LogP contribution is -2.54. The summed E-state index contributed by atoms with van der Waals surface area (Å²) in [7, 11) is -4.54. The second kappa shape index (κ2) is 10.3. The van der Waals surface area contributed by atoms with Gasteiger partial charge in [-0.3, -0.25) is 19.4 Å². The molecule has 0 spiro atoms. The number of sulfonamides is 1. The predicted molar refractivity (Wildman–Crippen MR) is 134 cm³/mol. The van der Waals surface area contributed by atoms with Crippen molar-refractivity contribution in [3.63, 3.8) is 0 Å². The maximum atomic E-state index is 13.6. The molecule has 3 unspecified atom stereocenters. The molecule has 0 bridgehead atoms. The number of amides is 2. The first-order valence-corrected chi connectivity index (χ1v) is 14.1. The number of fused-ring (bicyclic) bond motifs is 1. The molecule has 4 heterocycles. The summed E-state index contributed by atoms with van der Waals surface area (Å²) in [6, 6.07) is 3.04. The Morgan fingerprint density at radius 3 is 2.62 bits per heavy atom. The van der Waals surface area contributed by atoms with Gasteiger partial charge in [0.15, 0.2) is 5.78 Å². The van der Waals surface area contributed by atoms with Gasteiger partial charge >= 0.3 is 11.2 Å². The van der Waals surface area contributed by atoms with E-state index in [-0.39, 0.29) is 30.5 Å². The molecular weight excluding hydrogens is 520 g/mol. The van der Waals surface area contributed by atoms with E-state index >= 15 is 0 Å². The van der Waals surface area contributed by atoms with Crippen LogP contribution in [0.3, 0.4) is 0 Å². The normalized spacial score (nSPS) is 20.9. The summed E-state index contributed by atoms with van der Waals surface area (Å²) in [4.78, 5) is 57.0. The van der Waals surface area contributed by atoms with E-state index in [1.165, 1.54) is 34.6 Å². The van der Waals surface area contributed by atoms with Crippen molar-refractivity contribution in [2.24, 2.45) is 5.41 Å². The summed E-state index contributed by atoms with van der Waals surface area (Å²) in [5.74, 6) is -0.646. The molecule has 13 heteroatoms. The molecule has 3 atom stereocenters. The molecule has 4 rings (SSSR count). The lowest BCUT2D eigenvalue weighted by atomic mass is 9.87. The maximum Gasteiger partial charge on any atom is 0.413 e. The van der Waals surface area contributed by atoms with Gasteiger partial charge in [-0.2, -0.15) is 4.31 Å². The third kappa shape index (κ3) is 5.73. The first-order valence-electron chi connectivity index (χ1n) is 11.7. The van der Waals surface area contributed by atoms with Crippen molar-refractivity contribution in [1.82, 2.24) is 19.5 Å². The standard InChI is InChI=1S/C24H28N4O7S2/c1-24(2,3)12-17(26-23(32)35-15-8-11-36-14-15)21(30)27-10-7-18-20(27)19(29)13-28(18)37(33,34)22(31)16-6-4-5-9-25-16/h4-6,8-9,11,14,17-18,20H,7,10,12-13H2,1-3H3,(H,26,32). The highest BCUT2D eigenvalue weighted by molar-refractivity contribution is 8.04. The number of pyridine rings is 1. The van der Waals surface area contributed by atoms with Crippen LogP contribution in [0.25, 0.3) is 0 Å². The molecule has 2 aromatic rings. The SMILES string of the molecule is CC(C)(C)CC(NC(=O)Oc1ccsc1)C(=O)N1CCC2C1C(=O)CN2S(=O)(=O)C(=O)c1ccccn1. The number of carbonyl (C=O) groups excluding carboxylic acids is 4. The van der Waals surface area contributed by atoms with Crippen LogP contribution in [0.2, 0.25) is 0 Å². The number of ether oxygens (including phenoxy) is 1. The van der Waals surface area contributed by atoms with Gasteiger partial charge in [-0.15, -0.1) is 11.3 Å². The average molecular weight is 549 g/mol. The summed E-state index contributed by atoms with van der Waals surface area (Å²) >= 11 is 1.35. The van der Waals surface area contributed by atoms with Crippen LogP contribution in [-0.4, -0.2) is 76.7 Å². The number of hydrogen-bond acceptors (Lipinski definition) is 9. The minimum Gasteiger partial charge on any atom is -0.409 e. The van der Waals surface area contributed by atoms with E-state index in [9.17, 15) is 27.6 Å². The number of nitrogens with zero attached hydrogens (tertiary/aromatic N) is 3. The van der Waals surface area contributed by atoms with Crippen LogP contribution >= 0.6 is 11.3 Å². The fraction of sp³-hybridized carbons (Fsp3) is 0.458. The van der Waals surface area contributed by atoms with Gasteiger partial charge in [0.05, 0.1) is 12.6 Å². The minimum absolute atomic E-state index is 0.103. The Morgan fingerprint density at radius 2 is 2.00 bits per heavy atom. The van der Waals surface area contributed by atoms with Crippen molar-refractivity contribution in [1.29, 1.82) is 0 Å². The van der Waals surface area contributed by atoms with E-state index in [2.05, 4.69) is 10.3 Å². The highest BCUT2D eigenvalue weighted by Crippen LogP contribution is 2.34. The summed E-state index contributed by atoms with van der Waals surface area (Å²) in [6.07, 6.45) is 0.938. The van der Waals surface area contributed by atoms with Crippen LogP contribution in [0.15, 0.2) is 41.2 Å². The van der Waals surface area contributed by atoms with Gasteiger partial charge in [-0.05, 0) is 41.8 Å². The van der Waals surface area contributed by atoms with Gasteiger partial charge in [-0.25, -0.2) is 13.2 Å². The Kier molecular flexibility index (Phi) is 7.49. The molecule has 0 aliphatic carbocycles. The highest BCUT2D eigenvalue weighted by Gasteiger charge is 2.55. The molecule has 0 saturated carbocycles. The maximum absolute atomic E-state index is 13.6. The first-order chi connectivity index (χ1) is 17.4. The smallest absolute Gasteiger partial charge is 0.409 e. The molecule has 11 nitrogen and oxygen atoms in total. The second-order valence-electron chi connectivity index (χ2n) is 10.2. The zero-order valence-electron chi connectivity index (χ0n) is 20.6. The number of rotatable bonds is 6. The van der Waals surface area contributed by atoms with Gasteiger partial charge in [0.25, 0.3) is 10.0 Å². The van der Waals surface area contributed by atoms with Crippen LogP contribution in [0.1, 0.15) is 44.1 Å². The quantitative estimate of drug-likeness (QED) is 0.578. The van der Waals surface area contributed by atoms with Gasteiger partial charge in [-0.1, -0.05) is 26.8 Å². The summed E-state index contributed by atoms with van der Waals surface area (Å²) in [6.45, 7) is 5.31. The summed E-state index contributed by atoms with van der Waals surface area (Å²) < 4.78 is 32.4. The van der Waals surface area contributed by atoms with Crippen molar-refractivity contribution < 1.29 is 32.3 Å². The van der Waals surface area contributed by atoms with Crippen molar-refractivity contribution in [3.05, 3.63) is 46.9 Å². The van der Waals surface area contributed by atoms with Crippen LogP contribution < -0.4 is 10.1 Å². The van der Waals surface area contributed by atoms with Gasteiger partial charge in [0.1, 0.15) is 23.5 Å². The minimum atomic E-state index is -4.54. The fourth-order valence-corrected chi connectivity index (χ4v) is 6.69. The number of Topliss-reactive ketones (excluding diaryl/α,β-unsaturated/α-hetero) is 1. The monoisotopic (exact) mass is 548 g/mol. The number of carbonyl (C=O) groups is 4. The molecule has 2 aliphatic heterocycles. The molecule has 37 heavy (non-hydrogen) atoms. The fourth-order valence-electron chi connectivity index (χ4n) is 4.66. The number of thiophene rings is 1. The lowest BCUT2D eigenvalue weighted by Gasteiger charge is -2.31. The topological polar surface area (TPSA) is 143 Å². The number of likely N-dealkylation sites (tertiary alicyclic amines) is 1. The van der Waals surface area contributed by atoms with Gasteiger partial charge in [0.2, 0.25) is 5.91 Å². The highest BCUT2D eigenvalue weighted by atomic mass is 32.2. The summed E-state index contributed by atoms with van der Waals surface area (Å²) in [5.41, 5.74) is -0.609. The lowest BCUT2D eigenvalue weighted by molar-refractivity contribution is -0.138. The van der Waals surface area contributed by atoms with Crippen LogP contribution in [-0.2, 0) is 19.6 Å². The number of aromatic nitrogens is 1. The largest absolute Gasteiger partial charge is 0.413 e. The molecule has 2 aromatic heterocycles. The third-order valence-electron chi connectivity index (χ3n) is 6.19. The Labute approximate surface area is 218 Å². The molecule has 2 saturated heterocycles. The molecular formula is C24H28N4O7S2. The van der Waals surface area contributed by atoms with Gasteiger partial charge in [0, 0.05) is 18.1 Å². The molecule has 0 aromatic carbocycles. The molecule has 0 radical (unpaired) electrons. The van der Waals surface area contributed by atoms with Crippen molar-refractivity contribution in [2.75, 3.05) is 13.1 Å². The Hall–Kier alpha value is -3.16. The Morgan fingerprint density at radius 1 is 1.24 bits per heavy atom. The van der Waals surface area contributed by atoms with Crippen LogP contribution in [0, 0.1) is 5.41 Å². The van der Waals surface area contributed by atoms with Crippen LogP contribution in [0.4, 0.5) is 4.79 Å². The van der Waals surface area contributed by atoms with Crippen molar-refractivity contribution in [3.8, 4) is 5.75 Å². The number of ketones is 1. The van der Waals surface area contributed by atoms with Crippen molar-refractivity contribution in [2.45, 2.75) is 51.7 Å². The first kappa shape index (κ1) is 26.9. The van der Waals surface area contributed by atoms with E-state index in [4.69, 9.17) is 4.74 Å². The Bertz CT molecular complexity index is 1290. The molecule has 2 amide bonds. The second-order valence-corrected chi connectivity index (χ2v) is 12.7. The molecule has 2 aliphatic rings. The number of nitrogens with one attached hydrogen (secondary N) is 1. The van der Waals surface area contributed by atoms with Crippen molar-refractivity contribution >= 4 is 44.3 Å². The summed E-state index contributed by atoms with van der Waals surface area (Å²) in [5, 5.41) is 4.80.